The van der Waals surface area contributed by atoms with Gasteiger partial charge in [-0.1, -0.05) is 33.6 Å². The minimum Gasteiger partial charge on any atom is -0.384 e. The fourth-order valence-electron chi connectivity index (χ4n) is 3.17. The topological polar surface area (TPSA) is 9.23 Å². The van der Waals surface area contributed by atoms with Crippen molar-refractivity contribution in [2.75, 3.05) is 13.7 Å². The average molecular weight is 184 g/mol. The third-order valence-corrected chi connectivity index (χ3v) is 4.06. The molecule has 1 nitrogen and oxygen atoms in total. The van der Waals surface area contributed by atoms with E-state index in [0.29, 0.717) is 5.41 Å². The van der Waals surface area contributed by atoms with Crippen LogP contribution in [0.4, 0.5) is 0 Å². The van der Waals surface area contributed by atoms with Crippen molar-refractivity contribution in [3.05, 3.63) is 0 Å². The van der Waals surface area contributed by atoms with Gasteiger partial charge in [0.25, 0.3) is 0 Å². The van der Waals surface area contributed by atoms with Crippen LogP contribution < -0.4 is 0 Å². The molecule has 1 saturated carbocycles. The molecule has 0 amide bonds. The monoisotopic (exact) mass is 184 g/mol. The Morgan fingerprint density at radius 2 is 2.15 bits per heavy atom. The van der Waals surface area contributed by atoms with Gasteiger partial charge in [0.05, 0.1) is 6.61 Å². The maximum Gasteiger partial charge on any atom is 0.0523 e. The molecule has 0 saturated heterocycles. The number of hydrogen-bond acceptors (Lipinski definition) is 1. The van der Waals surface area contributed by atoms with E-state index in [1.165, 1.54) is 25.7 Å². The molecule has 0 bridgehead atoms. The van der Waals surface area contributed by atoms with Crippen molar-refractivity contribution in [3.8, 4) is 0 Å². The Hall–Kier alpha value is -0.0400. The maximum atomic E-state index is 5.42. The summed E-state index contributed by atoms with van der Waals surface area (Å²) >= 11 is 0. The number of ether oxygens (including phenoxy) is 1. The van der Waals surface area contributed by atoms with Crippen molar-refractivity contribution in [1.82, 2.24) is 0 Å². The smallest absolute Gasteiger partial charge is 0.0523 e. The zero-order chi connectivity index (χ0) is 9.90. The molecule has 1 heteroatoms. The van der Waals surface area contributed by atoms with E-state index in [1.807, 2.05) is 7.11 Å². The summed E-state index contributed by atoms with van der Waals surface area (Å²) in [7, 11) is 1.84. The largest absolute Gasteiger partial charge is 0.384 e. The lowest BCUT2D eigenvalue weighted by Crippen LogP contribution is -2.35. The zero-order valence-electron chi connectivity index (χ0n) is 9.60. The molecule has 0 aromatic heterocycles. The lowest BCUT2D eigenvalue weighted by Gasteiger charge is -2.38. The highest BCUT2D eigenvalue weighted by Crippen LogP contribution is 2.50. The highest BCUT2D eigenvalue weighted by molar-refractivity contribution is 4.93. The Bertz CT molecular complexity index is 153. The summed E-state index contributed by atoms with van der Waals surface area (Å²) in [4.78, 5) is 0. The highest BCUT2D eigenvalue weighted by atomic mass is 16.5. The van der Waals surface area contributed by atoms with Gasteiger partial charge in [-0.2, -0.15) is 0 Å². The Kier molecular flexibility index (Phi) is 3.78. The molecule has 1 rings (SSSR count). The third-order valence-electron chi connectivity index (χ3n) is 4.06. The number of hydrogen-bond donors (Lipinski definition) is 0. The van der Waals surface area contributed by atoms with Gasteiger partial charge in [-0.3, -0.25) is 0 Å². The van der Waals surface area contributed by atoms with Crippen molar-refractivity contribution < 1.29 is 4.74 Å². The molecule has 0 aliphatic heterocycles. The molecule has 2 atom stereocenters. The van der Waals surface area contributed by atoms with E-state index < -0.39 is 0 Å². The summed E-state index contributed by atoms with van der Waals surface area (Å²) in [6, 6.07) is 0. The van der Waals surface area contributed by atoms with Gasteiger partial charge in [-0.15, -0.1) is 0 Å². The fraction of sp³-hybridized carbons (Fsp3) is 1.00. The van der Waals surface area contributed by atoms with Crippen molar-refractivity contribution in [3.63, 3.8) is 0 Å². The second-order valence-corrected chi connectivity index (χ2v) is 4.82. The molecule has 0 aromatic rings. The van der Waals surface area contributed by atoms with Gasteiger partial charge in [-0.05, 0) is 30.1 Å². The minimum atomic E-state index is 0.490. The first-order valence-corrected chi connectivity index (χ1v) is 5.66. The molecule has 1 aliphatic carbocycles. The van der Waals surface area contributed by atoms with Crippen molar-refractivity contribution in [2.45, 2.75) is 46.5 Å². The highest BCUT2D eigenvalue weighted by Gasteiger charge is 2.43. The molecular formula is C12H24O. The SMILES string of the molecule is CCC1CCCC1(COC)C(C)C. The van der Waals surface area contributed by atoms with Crippen LogP contribution in [0.15, 0.2) is 0 Å². The fourth-order valence-corrected chi connectivity index (χ4v) is 3.17. The number of methoxy groups -OCH3 is 1. The van der Waals surface area contributed by atoms with Gasteiger partial charge in [0, 0.05) is 7.11 Å². The van der Waals surface area contributed by atoms with Crippen LogP contribution in [-0.2, 0) is 4.74 Å². The second-order valence-electron chi connectivity index (χ2n) is 4.82. The standard InChI is InChI=1S/C12H24O/c1-5-11-7-6-8-12(11,9-13-4)10(2)3/h10-11H,5-9H2,1-4H3. The predicted octanol–water partition coefficient (Wildman–Crippen LogP) is 3.49. The van der Waals surface area contributed by atoms with Crippen LogP contribution in [-0.4, -0.2) is 13.7 Å². The molecule has 1 fully saturated rings. The first-order chi connectivity index (χ1) is 6.17. The van der Waals surface area contributed by atoms with Crippen LogP contribution in [0.25, 0.3) is 0 Å². The van der Waals surface area contributed by atoms with Gasteiger partial charge in [0.2, 0.25) is 0 Å². The number of rotatable bonds is 4. The molecule has 0 N–H and O–H groups in total. The summed E-state index contributed by atoms with van der Waals surface area (Å²) in [5, 5.41) is 0. The predicted molar refractivity (Wildman–Crippen MR) is 56.8 cm³/mol. The van der Waals surface area contributed by atoms with Crippen LogP contribution in [0, 0.1) is 17.3 Å². The van der Waals surface area contributed by atoms with Crippen LogP contribution in [0.2, 0.25) is 0 Å². The molecule has 13 heavy (non-hydrogen) atoms. The Morgan fingerprint density at radius 3 is 2.62 bits per heavy atom. The van der Waals surface area contributed by atoms with Gasteiger partial charge in [0.1, 0.15) is 0 Å². The molecule has 0 heterocycles. The van der Waals surface area contributed by atoms with Crippen molar-refractivity contribution >= 4 is 0 Å². The van der Waals surface area contributed by atoms with E-state index in [2.05, 4.69) is 20.8 Å². The third kappa shape index (κ3) is 1.90. The van der Waals surface area contributed by atoms with Crippen molar-refractivity contribution in [2.24, 2.45) is 17.3 Å². The lowest BCUT2D eigenvalue weighted by atomic mass is 9.69. The Morgan fingerprint density at radius 1 is 1.46 bits per heavy atom. The normalized spacial score (nSPS) is 34.4. The molecule has 0 radical (unpaired) electrons. The minimum absolute atomic E-state index is 0.490. The maximum absolute atomic E-state index is 5.42. The van der Waals surface area contributed by atoms with E-state index in [0.717, 1.165) is 18.4 Å². The Labute approximate surface area is 82.9 Å². The summed E-state index contributed by atoms with van der Waals surface area (Å²) in [5.74, 6) is 1.66. The first kappa shape index (κ1) is 11.0. The molecule has 78 valence electrons. The second kappa shape index (κ2) is 4.45. The van der Waals surface area contributed by atoms with Gasteiger partial charge < -0.3 is 4.74 Å². The summed E-state index contributed by atoms with van der Waals surface area (Å²) in [5.41, 5.74) is 0.490. The molecule has 0 aromatic carbocycles. The molecule has 1 aliphatic rings. The first-order valence-electron chi connectivity index (χ1n) is 5.66. The van der Waals surface area contributed by atoms with Gasteiger partial charge >= 0.3 is 0 Å². The molecule has 0 spiro atoms. The zero-order valence-corrected chi connectivity index (χ0v) is 9.60. The van der Waals surface area contributed by atoms with E-state index >= 15 is 0 Å². The van der Waals surface area contributed by atoms with Crippen LogP contribution in [0.1, 0.15) is 46.5 Å². The van der Waals surface area contributed by atoms with E-state index in [4.69, 9.17) is 4.74 Å². The van der Waals surface area contributed by atoms with Gasteiger partial charge in [-0.25, -0.2) is 0 Å². The van der Waals surface area contributed by atoms with Crippen LogP contribution in [0.3, 0.4) is 0 Å². The Balaban J connectivity index is 2.75. The van der Waals surface area contributed by atoms with Crippen molar-refractivity contribution in [1.29, 1.82) is 0 Å². The summed E-state index contributed by atoms with van der Waals surface area (Å²) in [6.45, 7) is 7.99. The average Bonchev–Trinajstić information content (AvgIpc) is 2.49. The van der Waals surface area contributed by atoms with Crippen LogP contribution in [0.5, 0.6) is 0 Å². The summed E-state index contributed by atoms with van der Waals surface area (Å²) in [6.07, 6.45) is 5.51. The lowest BCUT2D eigenvalue weighted by molar-refractivity contribution is 0.0101. The molecule has 2 unspecified atom stereocenters. The van der Waals surface area contributed by atoms with E-state index in [9.17, 15) is 0 Å². The van der Waals surface area contributed by atoms with Crippen LogP contribution >= 0.6 is 0 Å². The quantitative estimate of drug-likeness (QED) is 0.650. The summed E-state index contributed by atoms with van der Waals surface area (Å²) < 4.78 is 5.42. The van der Waals surface area contributed by atoms with Gasteiger partial charge in [0.15, 0.2) is 0 Å². The molecular weight excluding hydrogens is 160 g/mol. The van der Waals surface area contributed by atoms with E-state index in [-0.39, 0.29) is 0 Å². The van der Waals surface area contributed by atoms with E-state index in [1.54, 1.807) is 0 Å².